The summed E-state index contributed by atoms with van der Waals surface area (Å²) in [5, 5.41) is 13.7. The SMILES string of the molecule is CC#C[C@@H](CC(=O)O)c1ccc(OCc2ccc(C)c3c2c(F)nn3CC(C)C)cc1. The number of hydrogen-bond donors (Lipinski definition) is 1. The molecule has 0 saturated carbocycles. The Bertz CT molecular complexity index is 1140. The van der Waals surface area contributed by atoms with Crippen molar-refractivity contribution in [3.63, 3.8) is 0 Å². The van der Waals surface area contributed by atoms with Gasteiger partial charge in [-0.15, -0.1) is 11.0 Å². The van der Waals surface area contributed by atoms with Crippen LogP contribution in [0.2, 0.25) is 0 Å². The molecular weight excluding hydrogens is 395 g/mol. The van der Waals surface area contributed by atoms with Crippen molar-refractivity contribution in [3.05, 3.63) is 59.0 Å². The van der Waals surface area contributed by atoms with Crippen LogP contribution in [0.15, 0.2) is 36.4 Å². The third-order valence-corrected chi connectivity index (χ3v) is 5.05. The molecule has 1 atom stereocenters. The lowest BCUT2D eigenvalue weighted by Crippen LogP contribution is -2.07. The van der Waals surface area contributed by atoms with Crippen LogP contribution in [0.25, 0.3) is 10.9 Å². The molecule has 6 heteroatoms. The molecule has 0 bridgehead atoms. The number of hydrogen-bond acceptors (Lipinski definition) is 3. The first-order valence-corrected chi connectivity index (χ1v) is 10.3. The van der Waals surface area contributed by atoms with Crippen molar-refractivity contribution < 1.29 is 19.0 Å². The number of carboxylic acid groups (broad SMARTS) is 1. The first kappa shape index (κ1) is 22.4. The van der Waals surface area contributed by atoms with Gasteiger partial charge in [0.25, 0.3) is 0 Å². The van der Waals surface area contributed by atoms with Crippen LogP contribution in [-0.2, 0) is 17.9 Å². The van der Waals surface area contributed by atoms with E-state index in [4.69, 9.17) is 9.84 Å². The number of carboxylic acids is 1. The van der Waals surface area contributed by atoms with Crippen molar-refractivity contribution in [2.24, 2.45) is 5.92 Å². The van der Waals surface area contributed by atoms with Crippen molar-refractivity contribution in [1.82, 2.24) is 9.78 Å². The molecule has 0 aliphatic heterocycles. The Morgan fingerprint density at radius 2 is 1.94 bits per heavy atom. The van der Waals surface area contributed by atoms with E-state index >= 15 is 0 Å². The number of halogens is 1. The summed E-state index contributed by atoms with van der Waals surface area (Å²) >= 11 is 0. The Kier molecular flexibility index (Phi) is 6.96. The molecule has 0 saturated heterocycles. The van der Waals surface area contributed by atoms with E-state index in [9.17, 15) is 9.18 Å². The highest BCUT2D eigenvalue weighted by atomic mass is 19.1. The first-order chi connectivity index (χ1) is 14.8. The smallest absolute Gasteiger partial charge is 0.304 e. The molecule has 3 rings (SSSR count). The fraction of sp³-hybridized carbons (Fsp3) is 0.360. The van der Waals surface area contributed by atoms with Crippen molar-refractivity contribution >= 4 is 16.9 Å². The van der Waals surface area contributed by atoms with Gasteiger partial charge in [-0.3, -0.25) is 9.48 Å². The third-order valence-electron chi connectivity index (χ3n) is 5.05. The first-order valence-electron chi connectivity index (χ1n) is 10.3. The number of aromatic nitrogens is 2. The normalized spacial score (nSPS) is 11.9. The lowest BCUT2D eigenvalue weighted by Gasteiger charge is -2.12. The molecule has 0 aliphatic carbocycles. The quantitative estimate of drug-likeness (QED) is 0.500. The molecule has 1 heterocycles. The Morgan fingerprint density at radius 1 is 1.23 bits per heavy atom. The van der Waals surface area contributed by atoms with Crippen LogP contribution in [0, 0.1) is 30.6 Å². The lowest BCUT2D eigenvalue weighted by atomic mass is 9.96. The van der Waals surface area contributed by atoms with E-state index in [2.05, 4.69) is 30.8 Å². The minimum Gasteiger partial charge on any atom is -0.489 e. The summed E-state index contributed by atoms with van der Waals surface area (Å²) in [4.78, 5) is 11.1. The minimum atomic E-state index is -0.892. The van der Waals surface area contributed by atoms with Gasteiger partial charge in [-0.25, -0.2) is 0 Å². The van der Waals surface area contributed by atoms with Gasteiger partial charge in [0.15, 0.2) is 0 Å². The summed E-state index contributed by atoms with van der Waals surface area (Å²) in [7, 11) is 0. The average molecular weight is 423 g/mol. The molecule has 0 amide bonds. The largest absolute Gasteiger partial charge is 0.489 e. The molecular formula is C25H27FN2O3. The van der Waals surface area contributed by atoms with Gasteiger partial charge in [-0.05, 0) is 43.0 Å². The molecule has 0 unspecified atom stereocenters. The van der Waals surface area contributed by atoms with Gasteiger partial charge in [0, 0.05) is 12.1 Å². The van der Waals surface area contributed by atoms with E-state index in [1.165, 1.54) is 0 Å². The van der Waals surface area contributed by atoms with Crippen LogP contribution in [-0.4, -0.2) is 20.9 Å². The molecule has 0 spiro atoms. The van der Waals surface area contributed by atoms with Gasteiger partial charge in [0.1, 0.15) is 12.4 Å². The minimum absolute atomic E-state index is 0.0535. The number of carbonyl (C=O) groups is 1. The van der Waals surface area contributed by atoms with Gasteiger partial charge in [-0.1, -0.05) is 44.0 Å². The van der Waals surface area contributed by atoms with Gasteiger partial charge >= 0.3 is 5.97 Å². The van der Waals surface area contributed by atoms with Gasteiger partial charge in [-0.2, -0.15) is 4.39 Å². The van der Waals surface area contributed by atoms with Gasteiger partial charge < -0.3 is 9.84 Å². The van der Waals surface area contributed by atoms with Crippen LogP contribution >= 0.6 is 0 Å². The second-order valence-corrected chi connectivity index (χ2v) is 8.03. The van der Waals surface area contributed by atoms with E-state index < -0.39 is 11.9 Å². The molecule has 3 aromatic rings. The number of nitrogens with zero attached hydrogens (tertiary/aromatic N) is 2. The van der Waals surface area contributed by atoms with Crippen LogP contribution in [0.5, 0.6) is 5.75 Å². The van der Waals surface area contributed by atoms with Crippen molar-refractivity contribution in [2.45, 2.75) is 53.2 Å². The van der Waals surface area contributed by atoms with Crippen LogP contribution in [0.1, 0.15) is 49.8 Å². The van der Waals surface area contributed by atoms with Crippen LogP contribution in [0.3, 0.4) is 0 Å². The molecule has 162 valence electrons. The maximum absolute atomic E-state index is 14.7. The number of aryl methyl sites for hydroxylation is 1. The third kappa shape index (κ3) is 5.24. The maximum Gasteiger partial charge on any atom is 0.304 e. The Labute approximate surface area is 181 Å². The van der Waals surface area contributed by atoms with Crippen molar-refractivity contribution in [2.75, 3.05) is 0 Å². The van der Waals surface area contributed by atoms with Crippen molar-refractivity contribution in [1.29, 1.82) is 0 Å². The zero-order valence-electron chi connectivity index (χ0n) is 18.3. The molecule has 0 fully saturated rings. The zero-order chi connectivity index (χ0) is 22.5. The molecule has 2 aromatic carbocycles. The highest BCUT2D eigenvalue weighted by Crippen LogP contribution is 2.28. The summed E-state index contributed by atoms with van der Waals surface area (Å²) in [5.74, 6) is 4.94. The number of benzene rings is 2. The summed E-state index contributed by atoms with van der Waals surface area (Å²) in [5.41, 5.74) is 3.33. The summed E-state index contributed by atoms with van der Waals surface area (Å²) < 4.78 is 22.3. The second kappa shape index (κ2) is 9.65. The maximum atomic E-state index is 14.7. The Hall–Kier alpha value is -3.33. The van der Waals surface area contributed by atoms with Crippen LogP contribution < -0.4 is 4.74 Å². The molecule has 31 heavy (non-hydrogen) atoms. The summed E-state index contributed by atoms with van der Waals surface area (Å²) in [6, 6.07) is 11.0. The van der Waals surface area contributed by atoms with E-state index in [0.29, 0.717) is 23.6 Å². The number of aliphatic carboxylic acids is 1. The van der Waals surface area contributed by atoms with E-state index in [1.807, 2.05) is 31.2 Å². The molecule has 0 radical (unpaired) electrons. The number of fused-ring (bicyclic) bond motifs is 1. The fourth-order valence-electron chi connectivity index (χ4n) is 3.66. The highest BCUT2D eigenvalue weighted by molar-refractivity contribution is 5.85. The standard InChI is InChI=1S/C25H27FN2O3/c1-5-6-19(13-22(29)30)18-9-11-21(12-10-18)31-15-20-8-7-17(4)24-23(20)25(26)27-28(24)14-16(2)3/h7-12,16,19H,13-15H2,1-4H3,(H,29,30)/t19-/m0/s1. The molecule has 1 aromatic heterocycles. The average Bonchev–Trinajstić information content (AvgIpc) is 3.03. The van der Waals surface area contributed by atoms with Crippen molar-refractivity contribution in [3.8, 4) is 17.6 Å². The topological polar surface area (TPSA) is 64.3 Å². The highest BCUT2D eigenvalue weighted by Gasteiger charge is 2.18. The monoisotopic (exact) mass is 422 g/mol. The molecule has 0 aliphatic rings. The predicted octanol–water partition coefficient (Wildman–Crippen LogP) is 5.30. The number of rotatable bonds is 8. The van der Waals surface area contributed by atoms with Crippen LogP contribution in [0.4, 0.5) is 4.39 Å². The Morgan fingerprint density at radius 3 is 2.55 bits per heavy atom. The fourth-order valence-corrected chi connectivity index (χ4v) is 3.66. The zero-order valence-corrected chi connectivity index (χ0v) is 18.3. The summed E-state index contributed by atoms with van der Waals surface area (Å²) in [6.45, 7) is 8.64. The molecule has 5 nitrogen and oxygen atoms in total. The lowest BCUT2D eigenvalue weighted by molar-refractivity contribution is -0.137. The van der Waals surface area contributed by atoms with Gasteiger partial charge in [0.2, 0.25) is 5.95 Å². The number of ether oxygens (including phenoxy) is 1. The van der Waals surface area contributed by atoms with E-state index in [-0.39, 0.29) is 18.9 Å². The van der Waals surface area contributed by atoms with Gasteiger partial charge in [0.05, 0.1) is 23.2 Å². The van der Waals surface area contributed by atoms with E-state index in [0.717, 1.165) is 22.2 Å². The van der Waals surface area contributed by atoms with E-state index in [1.54, 1.807) is 23.7 Å². The predicted molar refractivity (Wildman–Crippen MR) is 118 cm³/mol. The Balaban J connectivity index is 1.81. The summed E-state index contributed by atoms with van der Waals surface area (Å²) in [6.07, 6.45) is -0.0535. The molecule has 1 N–H and O–H groups in total. The second-order valence-electron chi connectivity index (χ2n) is 8.03.